The van der Waals surface area contributed by atoms with Gasteiger partial charge in [0.05, 0.1) is 14.2 Å². The fourth-order valence-electron chi connectivity index (χ4n) is 0.830. The third-order valence-corrected chi connectivity index (χ3v) is 1.53. The van der Waals surface area contributed by atoms with E-state index in [2.05, 4.69) is 9.47 Å². The number of hydrogen-bond donors (Lipinski definition) is 0. The van der Waals surface area contributed by atoms with Crippen molar-refractivity contribution in [1.29, 1.82) is 0 Å². The lowest BCUT2D eigenvalue weighted by Crippen LogP contribution is -1.87. The van der Waals surface area contributed by atoms with Gasteiger partial charge in [-0.25, -0.2) is 0 Å². The Kier molecular flexibility index (Phi) is 8.52. The van der Waals surface area contributed by atoms with Crippen LogP contribution in [0.2, 0.25) is 0 Å². The number of benzene rings is 1. The molecule has 0 radical (unpaired) electrons. The summed E-state index contributed by atoms with van der Waals surface area (Å²) in [7, 11) is 6.45. The SMILES string of the molecule is COCOC.COc1ccc(OC)cc1. The molecule has 15 heavy (non-hydrogen) atoms. The maximum absolute atomic E-state index is 4.96. The van der Waals surface area contributed by atoms with Crippen molar-refractivity contribution >= 4 is 0 Å². The zero-order chi connectivity index (χ0) is 11.5. The number of rotatable bonds is 4. The van der Waals surface area contributed by atoms with Crippen molar-refractivity contribution in [3.05, 3.63) is 24.3 Å². The van der Waals surface area contributed by atoms with E-state index in [1.54, 1.807) is 28.4 Å². The van der Waals surface area contributed by atoms with E-state index < -0.39 is 0 Å². The van der Waals surface area contributed by atoms with Gasteiger partial charge in [0.15, 0.2) is 0 Å². The van der Waals surface area contributed by atoms with Crippen molar-refractivity contribution < 1.29 is 18.9 Å². The average molecular weight is 214 g/mol. The van der Waals surface area contributed by atoms with Gasteiger partial charge in [-0.15, -0.1) is 0 Å². The van der Waals surface area contributed by atoms with Crippen LogP contribution < -0.4 is 9.47 Å². The monoisotopic (exact) mass is 214 g/mol. The largest absolute Gasteiger partial charge is 0.497 e. The molecule has 4 nitrogen and oxygen atoms in total. The second kappa shape index (κ2) is 9.30. The Bertz CT molecular complexity index is 208. The standard InChI is InChI=1S/C8H10O2.C3H8O2/c1-9-7-3-5-8(10-2)6-4-7;1-4-3-5-2/h3-6H,1-2H3;3H2,1-2H3. The van der Waals surface area contributed by atoms with Gasteiger partial charge in [0, 0.05) is 14.2 Å². The first kappa shape index (κ1) is 13.7. The molecule has 0 aliphatic heterocycles. The van der Waals surface area contributed by atoms with Gasteiger partial charge in [0.25, 0.3) is 0 Å². The summed E-state index contributed by atoms with van der Waals surface area (Å²) in [5, 5.41) is 0. The predicted molar refractivity (Wildman–Crippen MR) is 58.4 cm³/mol. The molecule has 0 aliphatic carbocycles. The molecule has 0 N–H and O–H groups in total. The van der Waals surface area contributed by atoms with E-state index in [0.29, 0.717) is 6.79 Å². The maximum atomic E-state index is 4.96. The molecule has 0 aromatic heterocycles. The normalized spacial score (nSPS) is 8.80. The van der Waals surface area contributed by atoms with Crippen LogP contribution in [0.15, 0.2) is 24.3 Å². The minimum Gasteiger partial charge on any atom is -0.497 e. The topological polar surface area (TPSA) is 36.9 Å². The summed E-state index contributed by atoms with van der Waals surface area (Å²) < 4.78 is 18.9. The zero-order valence-electron chi connectivity index (χ0n) is 9.65. The highest BCUT2D eigenvalue weighted by Gasteiger charge is 1.89. The highest BCUT2D eigenvalue weighted by molar-refractivity contribution is 5.30. The van der Waals surface area contributed by atoms with Crippen molar-refractivity contribution in [2.24, 2.45) is 0 Å². The summed E-state index contributed by atoms with van der Waals surface area (Å²) in [6.45, 7) is 0.389. The van der Waals surface area contributed by atoms with Crippen LogP contribution in [0.4, 0.5) is 0 Å². The van der Waals surface area contributed by atoms with Gasteiger partial charge in [-0.05, 0) is 24.3 Å². The molecule has 1 rings (SSSR count). The Labute approximate surface area is 90.7 Å². The summed E-state index contributed by atoms with van der Waals surface area (Å²) in [4.78, 5) is 0. The Morgan fingerprint density at radius 1 is 0.733 bits per heavy atom. The number of hydrogen-bond acceptors (Lipinski definition) is 4. The summed E-state index contributed by atoms with van der Waals surface area (Å²) >= 11 is 0. The first-order valence-corrected chi connectivity index (χ1v) is 4.44. The lowest BCUT2D eigenvalue weighted by Gasteiger charge is -2.00. The molecule has 0 amide bonds. The Hall–Kier alpha value is -1.26. The molecule has 0 unspecified atom stereocenters. The molecular formula is C11H18O4. The lowest BCUT2D eigenvalue weighted by atomic mass is 10.3. The fourth-order valence-corrected chi connectivity index (χ4v) is 0.830. The van der Waals surface area contributed by atoms with E-state index >= 15 is 0 Å². The first-order chi connectivity index (χ1) is 7.28. The second-order valence-electron chi connectivity index (χ2n) is 2.57. The second-order valence-corrected chi connectivity index (χ2v) is 2.57. The van der Waals surface area contributed by atoms with Crippen molar-refractivity contribution in [1.82, 2.24) is 0 Å². The van der Waals surface area contributed by atoms with Gasteiger partial charge in [0.1, 0.15) is 18.3 Å². The van der Waals surface area contributed by atoms with E-state index in [4.69, 9.17) is 9.47 Å². The molecule has 0 aliphatic rings. The molecule has 1 aromatic carbocycles. The van der Waals surface area contributed by atoms with Crippen LogP contribution in [0.1, 0.15) is 0 Å². The third-order valence-electron chi connectivity index (χ3n) is 1.53. The van der Waals surface area contributed by atoms with Crippen molar-refractivity contribution in [2.75, 3.05) is 35.2 Å². The Morgan fingerprint density at radius 2 is 1.07 bits per heavy atom. The molecular weight excluding hydrogens is 196 g/mol. The van der Waals surface area contributed by atoms with Gasteiger partial charge in [0.2, 0.25) is 0 Å². The van der Waals surface area contributed by atoms with Crippen molar-refractivity contribution in [3.8, 4) is 11.5 Å². The Morgan fingerprint density at radius 3 is 1.20 bits per heavy atom. The van der Waals surface area contributed by atoms with E-state index in [1.807, 2.05) is 24.3 Å². The van der Waals surface area contributed by atoms with Gasteiger partial charge in [-0.1, -0.05) is 0 Å². The number of ether oxygens (including phenoxy) is 4. The fraction of sp³-hybridized carbons (Fsp3) is 0.455. The average Bonchev–Trinajstić information content (AvgIpc) is 2.31. The quantitative estimate of drug-likeness (QED) is 0.718. The van der Waals surface area contributed by atoms with Crippen molar-refractivity contribution in [2.45, 2.75) is 0 Å². The molecule has 0 heterocycles. The minimum atomic E-state index is 0.389. The van der Waals surface area contributed by atoms with Crippen LogP contribution >= 0.6 is 0 Å². The van der Waals surface area contributed by atoms with Crippen molar-refractivity contribution in [3.63, 3.8) is 0 Å². The highest BCUT2D eigenvalue weighted by Crippen LogP contribution is 2.15. The predicted octanol–water partition coefficient (Wildman–Crippen LogP) is 1.94. The summed E-state index contributed by atoms with van der Waals surface area (Å²) in [5.41, 5.74) is 0. The van der Waals surface area contributed by atoms with Gasteiger partial charge < -0.3 is 18.9 Å². The highest BCUT2D eigenvalue weighted by atomic mass is 16.6. The van der Waals surface area contributed by atoms with E-state index in [-0.39, 0.29) is 0 Å². The molecule has 0 atom stereocenters. The minimum absolute atomic E-state index is 0.389. The molecule has 4 heteroatoms. The molecule has 0 saturated heterocycles. The molecule has 1 aromatic rings. The van der Waals surface area contributed by atoms with Gasteiger partial charge in [-0.2, -0.15) is 0 Å². The van der Waals surface area contributed by atoms with E-state index in [9.17, 15) is 0 Å². The Balaban J connectivity index is 0.000000336. The zero-order valence-corrected chi connectivity index (χ0v) is 9.65. The molecule has 0 fully saturated rings. The molecule has 86 valence electrons. The first-order valence-electron chi connectivity index (χ1n) is 4.44. The summed E-state index contributed by atoms with van der Waals surface area (Å²) in [6, 6.07) is 7.44. The van der Waals surface area contributed by atoms with E-state index in [0.717, 1.165) is 11.5 Å². The molecule has 0 saturated carbocycles. The van der Waals surface area contributed by atoms with Crippen LogP contribution in [0.5, 0.6) is 11.5 Å². The van der Waals surface area contributed by atoms with Crippen LogP contribution in [-0.4, -0.2) is 35.2 Å². The maximum Gasteiger partial charge on any atom is 0.145 e. The van der Waals surface area contributed by atoms with Crippen LogP contribution in [0.25, 0.3) is 0 Å². The summed E-state index contributed by atoms with van der Waals surface area (Å²) in [6.07, 6.45) is 0. The molecule has 0 bridgehead atoms. The van der Waals surface area contributed by atoms with Gasteiger partial charge in [-0.3, -0.25) is 0 Å². The third kappa shape index (κ3) is 6.76. The molecule has 0 spiro atoms. The van der Waals surface area contributed by atoms with Gasteiger partial charge >= 0.3 is 0 Å². The van der Waals surface area contributed by atoms with Crippen LogP contribution in [-0.2, 0) is 9.47 Å². The number of methoxy groups -OCH3 is 4. The van der Waals surface area contributed by atoms with Crippen LogP contribution in [0.3, 0.4) is 0 Å². The summed E-state index contributed by atoms with van der Waals surface area (Å²) in [5.74, 6) is 1.70. The smallest absolute Gasteiger partial charge is 0.145 e. The van der Waals surface area contributed by atoms with E-state index in [1.165, 1.54) is 0 Å². The van der Waals surface area contributed by atoms with Crippen LogP contribution in [0, 0.1) is 0 Å². The lowest BCUT2D eigenvalue weighted by molar-refractivity contribution is -0.00271.